The molecule has 0 unspecified atom stereocenters. The fourth-order valence-corrected chi connectivity index (χ4v) is 5.61. The maximum absolute atomic E-state index is 14.8. The molecule has 2 aromatic rings. The first kappa shape index (κ1) is 23.7. The van der Waals surface area contributed by atoms with Gasteiger partial charge in [0.15, 0.2) is 11.6 Å². The minimum Gasteiger partial charge on any atom is -0.505 e. The number of urea groups is 1. The molecule has 0 radical (unpaired) electrons. The van der Waals surface area contributed by atoms with Gasteiger partial charge < -0.3 is 15.3 Å². The van der Waals surface area contributed by atoms with E-state index in [0.29, 0.717) is 23.4 Å². The summed E-state index contributed by atoms with van der Waals surface area (Å²) < 4.78 is 29.4. The highest BCUT2D eigenvalue weighted by Gasteiger charge is 2.40. The van der Waals surface area contributed by atoms with Crippen molar-refractivity contribution in [1.82, 2.24) is 14.9 Å². The van der Waals surface area contributed by atoms with E-state index in [2.05, 4.69) is 29.3 Å². The monoisotopic (exact) mass is 486 g/mol. The number of aromatic hydroxyl groups is 1. The van der Waals surface area contributed by atoms with Crippen LogP contribution in [-0.4, -0.2) is 58.2 Å². The summed E-state index contributed by atoms with van der Waals surface area (Å²) in [5.41, 5.74) is 0.0593. The first-order valence-corrected chi connectivity index (χ1v) is 12.4. The fraction of sp³-hybridized carbons (Fsp3) is 0.560. The lowest BCUT2D eigenvalue weighted by molar-refractivity contribution is 0.221. The minimum atomic E-state index is -1.15. The second-order valence-corrected chi connectivity index (χ2v) is 10.1. The van der Waals surface area contributed by atoms with Crippen molar-refractivity contribution in [3.05, 3.63) is 35.5 Å². The van der Waals surface area contributed by atoms with Gasteiger partial charge in [0.1, 0.15) is 17.3 Å². The summed E-state index contributed by atoms with van der Waals surface area (Å²) in [4.78, 5) is 27.7. The number of nitrogens with one attached hydrogen (secondary N) is 1. The number of aromatic nitrogens is 2. The van der Waals surface area contributed by atoms with Gasteiger partial charge in [0, 0.05) is 29.9 Å². The maximum Gasteiger partial charge on any atom is 0.330 e. The lowest BCUT2D eigenvalue weighted by Gasteiger charge is -2.39. The number of halogens is 2. The zero-order valence-electron chi connectivity index (χ0n) is 20.2. The SMILES string of the molecule is CN(C)C1CCC(Nc2ncc3c(n2)N(C2CCCC2)C(=O)N(c2c(F)ccc(O)c2F)C3)CC1. The quantitative estimate of drug-likeness (QED) is 0.641. The van der Waals surface area contributed by atoms with Gasteiger partial charge in [-0.25, -0.2) is 18.6 Å². The van der Waals surface area contributed by atoms with Gasteiger partial charge in [0.05, 0.1) is 6.54 Å². The third-order valence-electron chi connectivity index (χ3n) is 7.60. The van der Waals surface area contributed by atoms with Gasteiger partial charge in [-0.3, -0.25) is 9.80 Å². The van der Waals surface area contributed by atoms with Crippen LogP contribution >= 0.6 is 0 Å². The number of carbonyl (C=O) groups is 1. The summed E-state index contributed by atoms with van der Waals surface area (Å²) in [6.45, 7) is -0.0805. The van der Waals surface area contributed by atoms with E-state index in [1.165, 1.54) is 0 Å². The molecule has 0 bridgehead atoms. The first-order chi connectivity index (χ1) is 16.8. The molecule has 188 valence electrons. The van der Waals surface area contributed by atoms with Gasteiger partial charge >= 0.3 is 6.03 Å². The van der Waals surface area contributed by atoms with Gasteiger partial charge in [-0.1, -0.05) is 12.8 Å². The molecule has 3 aliphatic rings. The molecule has 2 heterocycles. The molecule has 2 aliphatic carbocycles. The third kappa shape index (κ3) is 4.51. The Balaban J connectivity index is 1.45. The van der Waals surface area contributed by atoms with Crippen LogP contribution in [0.25, 0.3) is 0 Å². The van der Waals surface area contributed by atoms with Crippen LogP contribution in [0.5, 0.6) is 5.75 Å². The number of rotatable bonds is 5. The number of fused-ring (bicyclic) bond motifs is 1. The van der Waals surface area contributed by atoms with Gasteiger partial charge in [0.25, 0.3) is 0 Å². The Morgan fingerprint density at radius 3 is 2.49 bits per heavy atom. The summed E-state index contributed by atoms with van der Waals surface area (Å²) >= 11 is 0. The van der Waals surface area contributed by atoms with Crippen LogP contribution in [0.1, 0.15) is 56.9 Å². The van der Waals surface area contributed by atoms with Crippen molar-refractivity contribution >= 4 is 23.5 Å². The number of carbonyl (C=O) groups excluding carboxylic acids is 1. The van der Waals surface area contributed by atoms with Gasteiger partial charge in [-0.05, 0) is 64.8 Å². The van der Waals surface area contributed by atoms with Crippen LogP contribution in [0.2, 0.25) is 0 Å². The zero-order valence-corrected chi connectivity index (χ0v) is 20.2. The van der Waals surface area contributed by atoms with Crippen molar-refractivity contribution in [2.45, 2.75) is 76.0 Å². The highest BCUT2D eigenvalue weighted by molar-refractivity contribution is 6.06. The van der Waals surface area contributed by atoms with Crippen molar-refractivity contribution in [2.24, 2.45) is 0 Å². The predicted molar refractivity (Wildman–Crippen MR) is 130 cm³/mol. The summed E-state index contributed by atoms with van der Waals surface area (Å²) in [7, 11) is 4.22. The van der Waals surface area contributed by atoms with E-state index in [1.807, 2.05) is 0 Å². The van der Waals surface area contributed by atoms with Crippen molar-refractivity contribution < 1.29 is 18.7 Å². The van der Waals surface area contributed by atoms with Crippen molar-refractivity contribution in [3.63, 3.8) is 0 Å². The van der Waals surface area contributed by atoms with Gasteiger partial charge in [-0.15, -0.1) is 0 Å². The lowest BCUT2D eigenvalue weighted by atomic mass is 9.91. The Hall–Kier alpha value is -3.01. The van der Waals surface area contributed by atoms with Crippen molar-refractivity contribution in [1.29, 1.82) is 0 Å². The standard InChI is InChI=1S/C25H32F2N6O2/c1-31(2)17-9-7-16(8-10-17)29-24-28-13-15-14-32(22-19(26)11-12-20(34)21(22)27)25(35)33(23(15)30-24)18-5-3-4-6-18/h11-13,16-18,34H,3-10,14H2,1-2H3,(H,28,29,30). The average Bonchev–Trinajstić information content (AvgIpc) is 3.37. The number of amides is 2. The Morgan fingerprint density at radius 1 is 1.09 bits per heavy atom. The van der Waals surface area contributed by atoms with Crippen LogP contribution in [0.3, 0.4) is 0 Å². The number of benzene rings is 1. The third-order valence-corrected chi connectivity index (χ3v) is 7.60. The average molecular weight is 487 g/mol. The summed E-state index contributed by atoms with van der Waals surface area (Å²) in [5.74, 6) is -1.79. The summed E-state index contributed by atoms with van der Waals surface area (Å²) in [5, 5.41) is 13.3. The molecule has 2 amide bonds. The largest absolute Gasteiger partial charge is 0.505 e. The summed E-state index contributed by atoms with van der Waals surface area (Å²) in [6, 6.07) is 2.10. The molecule has 0 spiro atoms. The van der Waals surface area contributed by atoms with E-state index in [-0.39, 0.29) is 18.6 Å². The number of hydrogen-bond acceptors (Lipinski definition) is 6. The Labute approximate surface area is 204 Å². The molecule has 2 fully saturated rings. The van der Waals surface area contributed by atoms with E-state index >= 15 is 0 Å². The Kier molecular flexibility index (Phi) is 6.48. The molecule has 10 heteroatoms. The maximum atomic E-state index is 14.8. The van der Waals surface area contributed by atoms with E-state index in [4.69, 9.17) is 4.98 Å². The number of anilines is 3. The van der Waals surface area contributed by atoms with Crippen LogP contribution in [-0.2, 0) is 6.54 Å². The van der Waals surface area contributed by atoms with Gasteiger partial charge in [-0.2, -0.15) is 4.98 Å². The van der Waals surface area contributed by atoms with Crippen LogP contribution in [0.15, 0.2) is 18.3 Å². The van der Waals surface area contributed by atoms with E-state index in [9.17, 15) is 18.7 Å². The molecule has 5 rings (SSSR count). The molecule has 35 heavy (non-hydrogen) atoms. The van der Waals surface area contributed by atoms with E-state index in [0.717, 1.165) is 68.4 Å². The molecule has 1 aromatic carbocycles. The normalized spacial score (nSPS) is 23.2. The molecular formula is C25H32F2N6O2. The Morgan fingerprint density at radius 2 is 1.80 bits per heavy atom. The van der Waals surface area contributed by atoms with E-state index < -0.39 is 29.1 Å². The molecule has 1 aromatic heterocycles. The zero-order chi connectivity index (χ0) is 24.7. The lowest BCUT2D eigenvalue weighted by Crippen LogP contribution is -2.52. The smallest absolute Gasteiger partial charge is 0.330 e. The first-order valence-electron chi connectivity index (χ1n) is 12.4. The number of hydrogen-bond donors (Lipinski definition) is 2. The fourth-order valence-electron chi connectivity index (χ4n) is 5.61. The van der Waals surface area contributed by atoms with Crippen molar-refractivity contribution in [2.75, 3.05) is 29.2 Å². The number of phenols is 1. The highest BCUT2D eigenvalue weighted by atomic mass is 19.1. The molecule has 2 N–H and O–H groups in total. The number of nitrogens with zero attached hydrogens (tertiary/aromatic N) is 5. The van der Waals surface area contributed by atoms with Gasteiger partial charge in [0.2, 0.25) is 5.95 Å². The topological polar surface area (TPSA) is 84.8 Å². The molecule has 0 atom stereocenters. The molecule has 1 aliphatic heterocycles. The number of phenolic OH excluding ortho intramolecular Hbond substituents is 1. The molecular weight excluding hydrogens is 454 g/mol. The molecule has 2 saturated carbocycles. The summed E-state index contributed by atoms with van der Waals surface area (Å²) in [6.07, 6.45) is 9.40. The molecule has 0 saturated heterocycles. The van der Waals surface area contributed by atoms with E-state index in [1.54, 1.807) is 11.1 Å². The molecule has 8 nitrogen and oxygen atoms in total. The highest BCUT2D eigenvalue weighted by Crippen LogP contribution is 2.39. The van der Waals surface area contributed by atoms with Crippen LogP contribution < -0.4 is 15.1 Å². The second kappa shape index (κ2) is 9.56. The minimum absolute atomic E-state index is 0.0805. The Bertz CT molecular complexity index is 1100. The second-order valence-electron chi connectivity index (χ2n) is 10.1. The van der Waals surface area contributed by atoms with Crippen LogP contribution in [0.4, 0.5) is 31.0 Å². The van der Waals surface area contributed by atoms with Crippen LogP contribution in [0, 0.1) is 11.6 Å². The van der Waals surface area contributed by atoms with Crippen molar-refractivity contribution in [3.8, 4) is 5.75 Å². The predicted octanol–water partition coefficient (Wildman–Crippen LogP) is 4.63.